The third kappa shape index (κ3) is 2.78. The highest BCUT2D eigenvalue weighted by Gasteiger charge is 2.14. The summed E-state index contributed by atoms with van der Waals surface area (Å²) in [6.07, 6.45) is 2.39. The lowest BCUT2D eigenvalue weighted by Gasteiger charge is -2.15. The lowest BCUT2D eigenvalue weighted by Crippen LogP contribution is -2.29. The molecule has 1 aromatic carbocycles. The lowest BCUT2D eigenvalue weighted by atomic mass is 9.98. The number of nitrogens with one attached hydrogen (secondary N) is 1. The number of hydrogen-bond acceptors (Lipinski definition) is 3. The molecular formula is C14H17FN2O. The third-order valence-corrected chi connectivity index (χ3v) is 3.08. The zero-order chi connectivity index (χ0) is 13.1. The summed E-state index contributed by atoms with van der Waals surface area (Å²) < 4.78 is 18.3. The van der Waals surface area contributed by atoms with Crippen molar-refractivity contribution in [1.29, 1.82) is 0 Å². The highest BCUT2D eigenvalue weighted by atomic mass is 19.1. The molecule has 0 saturated heterocycles. The van der Waals surface area contributed by atoms with Crippen LogP contribution < -0.4 is 11.3 Å². The predicted molar refractivity (Wildman–Crippen MR) is 68.4 cm³/mol. The first-order chi connectivity index (χ1) is 8.60. The number of hydrazine groups is 1. The Labute approximate surface area is 106 Å². The second-order valence-corrected chi connectivity index (χ2v) is 4.48. The van der Waals surface area contributed by atoms with Gasteiger partial charge < -0.3 is 4.42 Å². The second-order valence-electron chi connectivity index (χ2n) is 4.48. The van der Waals surface area contributed by atoms with Gasteiger partial charge in [-0.05, 0) is 49.6 Å². The van der Waals surface area contributed by atoms with Gasteiger partial charge in [0.1, 0.15) is 11.6 Å². The lowest BCUT2D eigenvalue weighted by molar-refractivity contribution is 0.511. The smallest absolute Gasteiger partial charge is 0.123 e. The van der Waals surface area contributed by atoms with E-state index in [2.05, 4.69) is 5.43 Å². The Bertz CT molecular complexity index is 536. The van der Waals surface area contributed by atoms with E-state index in [9.17, 15) is 4.39 Å². The van der Waals surface area contributed by atoms with E-state index >= 15 is 0 Å². The molecule has 1 heterocycles. The van der Waals surface area contributed by atoms with Crippen LogP contribution in [0.4, 0.5) is 4.39 Å². The van der Waals surface area contributed by atoms with Crippen molar-refractivity contribution in [2.45, 2.75) is 26.3 Å². The van der Waals surface area contributed by atoms with Crippen LogP contribution in [0.3, 0.4) is 0 Å². The molecule has 0 fully saturated rings. The second kappa shape index (κ2) is 5.33. The first-order valence-corrected chi connectivity index (χ1v) is 5.86. The zero-order valence-corrected chi connectivity index (χ0v) is 10.5. The van der Waals surface area contributed by atoms with Crippen LogP contribution in [0.2, 0.25) is 0 Å². The van der Waals surface area contributed by atoms with Crippen LogP contribution in [0.25, 0.3) is 0 Å². The fourth-order valence-corrected chi connectivity index (χ4v) is 2.03. The molecule has 0 bridgehead atoms. The van der Waals surface area contributed by atoms with E-state index in [0.29, 0.717) is 6.42 Å². The summed E-state index contributed by atoms with van der Waals surface area (Å²) >= 11 is 0. The third-order valence-electron chi connectivity index (χ3n) is 3.08. The van der Waals surface area contributed by atoms with Gasteiger partial charge in [0.05, 0.1) is 12.3 Å². The number of nitrogens with two attached hydrogens (primary N) is 1. The minimum absolute atomic E-state index is 0.0355. The maximum Gasteiger partial charge on any atom is 0.123 e. The van der Waals surface area contributed by atoms with Crippen molar-refractivity contribution in [2.75, 3.05) is 0 Å². The standard InChI is InChI=1S/C14H17FN2O/c1-9-5-13(15)4-3-11(9)7-14(17-16)12-6-10(2)18-8-12/h3-6,8,14,17H,7,16H2,1-2H3. The molecule has 0 radical (unpaired) electrons. The summed E-state index contributed by atoms with van der Waals surface area (Å²) in [5, 5.41) is 0. The Balaban J connectivity index is 2.20. The Morgan fingerprint density at radius 1 is 1.33 bits per heavy atom. The van der Waals surface area contributed by atoms with Crippen LogP contribution in [0.5, 0.6) is 0 Å². The van der Waals surface area contributed by atoms with Crippen molar-refractivity contribution in [1.82, 2.24) is 5.43 Å². The molecule has 2 rings (SSSR count). The van der Waals surface area contributed by atoms with E-state index in [1.807, 2.05) is 19.9 Å². The SMILES string of the molecule is Cc1cc(C(Cc2ccc(F)cc2C)NN)co1. The van der Waals surface area contributed by atoms with Crippen molar-refractivity contribution < 1.29 is 8.81 Å². The molecule has 1 aromatic heterocycles. The minimum Gasteiger partial charge on any atom is -0.469 e. The molecular weight excluding hydrogens is 231 g/mol. The summed E-state index contributed by atoms with van der Waals surface area (Å²) in [7, 11) is 0. The van der Waals surface area contributed by atoms with Gasteiger partial charge in [-0.3, -0.25) is 11.3 Å². The predicted octanol–water partition coefficient (Wildman–Crippen LogP) is 2.78. The molecule has 0 aliphatic rings. The van der Waals surface area contributed by atoms with E-state index < -0.39 is 0 Å². The minimum atomic E-state index is -0.215. The fourth-order valence-electron chi connectivity index (χ4n) is 2.03. The average Bonchev–Trinajstić information content (AvgIpc) is 2.75. The van der Waals surface area contributed by atoms with Crippen molar-refractivity contribution in [2.24, 2.45) is 5.84 Å². The number of hydrogen-bond donors (Lipinski definition) is 2. The maximum atomic E-state index is 13.0. The summed E-state index contributed by atoms with van der Waals surface area (Å²) in [6, 6.07) is 6.71. The maximum absolute atomic E-state index is 13.0. The summed E-state index contributed by atoms with van der Waals surface area (Å²) in [4.78, 5) is 0. The number of aryl methyl sites for hydroxylation is 2. The number of benzene rings is 1. The molecule has 18 heavy (non-hydrogen) atoms. The van der Waals surface area contributed by atoms with Gasteiger partial charge in [0.2, 0.25) is 0 Å². The van der Waals surface area contributed by atoms with Gasteiger partial charge in [-0.2, -0.15) is 0 Å². The van der Waals surface area contributed by atoms with Crippen LogP contribution in [-0.2, 0) is 6.42 Å². The molecule has 0 spiro atoms. The fraction of sp³-hybridized carbons (Fsp3) is 0.286. The molecule has 0 amide bonds. The molecule has 3 N–H and O–H groups in total. The first-order valence-electron chi connectivity index (χ1n) is 5.86. The Kier molecular flexibility index (Phi) is 3.79. The normalized spacial score (nSPS) is 12.7. The van der Waals surface area contributed by atoms with Crippen molar-refractivity contribution in [3.05, 3.63) is 58.8 Å². The van der Waals surface area contributed by atoms with Gasteiger partial charge in [0.25, 0.3) is 0 Å². The van der Waals surface area contributed by atoms with Gasteiger partial charge in [-0.15, -0.1) is 0 Å². The Morgan fingerprint density at radius 2 is 2.11 bits per heavy atom. The molecule has 0 saturated carbocycles. The van der Waals surface area contributed by atoms with E-state index in [0.717, 1.165) is 22.5 Å². The van der Waals surface area contributed by atoms with E-state index in [4.69, 9.17) is 10.3 Å². The summed E-state index contributed by atoms with van der Waals surface area (Å²) in [6.45, 7) is 3.78. The molecule has 96 valence electrons. The highest BCUT2D eigenvalue weighted by molar-refractivity contribution is 5.29. The van der Waals surface area contributed by atoms with Crippen LogP contribution in [0.15, 0.2) is 34.9 Å². The Hall–Kier alpha value is -1.65. The molecule has 0 aliphatic heterocycles. The molecule has 1 atom stereocenters. The van der Waals surface area contributed by atoms with Gasteiger partial charge in [-0.25, -0.2) is 4.39 Å². The quantitative estimate of drug-likeness (QED) is 0.646. The van der Waals surface area contributed by atoms with Crippen LogP contribution in [-0.4, -0.2) is 0 Å². The molecule has 1 unspecified atom stereocenters. The molecule has 2 aromatic rings. The largest absolute Gasteiger partial charge is 0.469 e. The summed E-state index contributed by atoms with van der Waals surface area (Å²) in [5.41, 5.74) is 5.76. The topological polar surface area (TPSA) is 51.2 Å². The van der Waals surface area contributed by atoms with Crippen molar-refractivity contribution in [3.8, 4) is 0 Å². The summed E-state index contributed by atoms with van der Waals surface area (Å²) in [5.74, 6) is 6.21. The molecule has 3 nitrogen and oxygen atoms in total. The van der Waals surface area contributed by atoms with Gasteiger partial charge >= 0.3 is 0 Å². The van der Waals surface area contributed by atoms with Crippen LogP contribution >= 0.6 is 0 Å². The van der Waals surface area contributed by atoms with Crippen molar-refractivity contribution in [3.63, 3.8) is 0 Å². The Morgan fingerprint density at radius 3 is 2.67 bits per heavy atom. The van der Waals surface area contributed by atoms with Gasteiger partial charge in [0.15, 0.2) is 0 Å². The number of rotatable bonds is 4. The van der Waals surface area contributed by atoms with Gasteiger partial charge in [-0.1, -0.05) is 6.07 Å². The van der Waals surface area contributed by atoms with E-state index in [1.54, 1.807) is 12.3 Å². The zero-order valence-electron chi connectivity index (χ0n) is 10.5. The van der Waals surface area contributed by atoms with E-state index in [1.165, 1.54) is 12.1 Å². The highest BCUT2D eigenvalue weighted by Crippen LogP contribution is 2.22. The number of furan rings is 1. The first kappa shape index (κ1) is 12.8. The molecule has 0 aliphatic carbocycles. The van der Waals surface area contributed by atoms with Gasteiger partial charge in [0, 0.05) is 5.56 Å². The average molecular weight is 248 g/mol. The molecule has 4 heteroatoms. The number of halogens is 1. The monoisotopic (exact) mass is 248 g/mol. The van der Waals surface area contributed by atoms with Crippen LogP contribution in [0, 0.1) is 19.7 Å². The van der Waals surface area contributed by atoms with E-state index in [-0.39, 0.29) is 11.9 Å². The van der Waals surface area contributed by atoms with Crippen molar-refractivity contribution >= 4 is 0 Å². The van der Waals surface area contributed by atoms with Crippen LogP contribution in [0.1, 0.15) is 28.5 Å².